The summed E-state index contributed by atoms with van der Waals surface area (Å²) in [6.07, 6.45) is -5.43. The number of nitrogens with zero attached hydrogens (tertiary/aromatic N) is 1. The summed E-state index contributed by atoms with van der Waals surface area (Å²) >= 11 is 0. The van der Waals surface area contributed by atoms with Crippen molar-refractivity contribution in [2.75, 3.05) is 6.61 Å². The summed E-state index contributed by atoms with van der Waals surface area (Å²) in [5.41, 5.74) is -2.62. The number of rotatable bonds is 9. The van der Waals surface area contributed by atoms with Crippen LogP contribution in [0.3, 0.4) is 0 Å². The number of Topliss-reactive ketones (excluding diaryl/α,β-unsaturated/α-hetero) is 1. The molecule has 1 atom stereocenters. The van der Waals surface area contributed by atoms with E-state index < -0.39 is 77.5 Å². The Kier molecular flexibility index (Phi) is 4.74. The zero-order chi connectivity index (χ0) is 31.2. The van der Waals surface area contributed by atoms with Crippen LogP contribution in [0.2, 0.25) is 0 Å². The van der Waals surface area contributed by atoms with Crippen molar-refractivity contribution in [1.29, 1.82) is 0 Å². The molecule has 0 amide bonds. The number of alkyl halides is 2. The zero-order valence-electron chi connectivity index (χ0n) is 25.5. The number of benzene rings is 2. The van der Waals surface area contributed by atoms with E-state index in [4.69, 9.17) is 6.85 Å². The van der Waals surface area contributed by atoms with Gasteiger partial charge in [-0.15, -0.1) is 8.78 Å². The standard InChI is InChI=1S/C28H30F3NO5/c1-4-26(2,3)24-10-17-9-16(20(29)13-21(17)32(24)14-19(34)15-33)11-25(35)27(7-8-27)18-5-6-22-23(12-18)37-28(30,31)36-22/h5-6,9-10,12-13,19,33-34H,4,7-8,11,14-15H2,1-3H3/t19-/m1/s1/i9D,10D,13D,14D2. The van der Waals surface area contributed by atoms with Gasteiger partial charge in [-0.1, -0.05) is 26.8 Å². The molecule has 2 N–H and O–H groups in total. The molecule has 0 unspecified atom stereocenters. The van der Waals surface area contributed by atoms with Crippen LogP contribution in [0, 0.1) is 5.82 Å². The fourth-order valence-electron chi connectivity index (χ4n) is 4.56. The van der Waals surface area contributed by atoms with Crippen LogP contribution in [0.25, 0.3) is 10.9 Å². The van der Waals surface area contributed by atoms with Gasteiger partial charge in [-0.25, -0.2) is 4.39 Å². The minimum Gasteiger partial charge on any atom is -0.395 e. The molecule has 2 aromatic carbocycles. The largest absolute Gasteiger partial charge is 0.586 e. The van der Waals surface area contributed by atoms with Crippen LogP contribution in [-0.2, 0) is 28.5 Å². The van der Waals surface area contributed by atoms with E-state index in [9.17, 15) is 23.8 Å². The number of carbonyl (C=O) groups is 1. The lowest BCUT2D eigenvalue weighted by atomic mass is 9.86. The summed E-state index contributed by atoms with van der Waals surface area (Å²) in [6, 6.07) is 2.19. The highest BCUT2D eigenvalue weighted by Crippen LogP contribution is 2.52. The molecule has 0 bridgehead atoms. The Labute approximate surface area is 219 Å². The topological polar surface area (TPSA) is 80.9 Å². The van der Waals surface area contributed by atoms with Crippen LogP contribution in [0.15, 0.2) is 36.3 Å². The number of aliphatic hydroxyl groups excluding tert-OH is 2. The number of hydrogen-bond acceptors (Lipinski definition) is 5. The number of halogens is 3. The molecule has 5 rings (SSSR count). The minimum atomic E-state index is -3.84. The smallest absolute Gasteiger partial charge is 0.395 e. The molecule has 0 radical (unpaired) electrons. The first-order chi connectivity index (χ1) is 19.4. The second kappa shape index (κ2) is 8.77. The Hall–Kier alpha value is -3.04. The Morgan fingerprint density at radius 1 is 1.24 bits per heavy atom. The van der Waals surface area contributed by atoms with Crippen LogP contribution >= 0.6 is 0 Å². The molecule has 198 valence electrons. The lowest BCUT2D eigenvalue weighted by Gasteiger charge is -2.26. The Bertz CT molecular complexity index is 1620. The number of ketones is 1. The van der Waals surface area contributed by atoms with Crippen LogP contribution in [-0.4, -0.2) is 39.6 Å². The molecule has 1 fully saturated rings. The number of fused-ring (bicyclic) bond motifs is 2. The monoisotopic (exact) mass is 522 g/mol. The predicted molar refractivity (Wildman–Crippen MR) is 131 cm³/mol. The van der Waals surface area contributed by atoms with E-state index in [0.717, 1.165) is 4.57 Å². The molecule has 1 aliphatic heterocycles. The molecule has 0 saturated heterocycles. The van der Waals surface area contributed by atoms with E-state index in [1.165, 1.54) is 18.2 Å². The van der Waals surface area contributed by atoms with E-state index in [1.54, 1.807) is 20.8 Å². The molecular weight excluding hydrogens is 487 g/mol. The molecule has 1 aromatic heterocycles. The predicted octanol–water partition coefficient (Wildman–Crippen LogP) is 4.99. The molecule has 2 heterocycles. The van der Waals surface area contributed by atoms with Crippen LogP contribution in [0.5, 0.6) is 11.5 Å². The zero-order valence-corrected chi connectivity index (χ0v) is 20.5. The minimum absolute atomic E-state index is 0.00167. The van der Waals surface area contributed by atoms with E-state index in [0.29, 0.717) is 24.8 Å². The first kappa shape index (κ1) is 20.0. The van der Waals surface area contributed by atoms with Gasteiger partial charge < -0.3 is 24.3 Å². The second-order valence-electron chi connectivity index (χ2n) is 10.2. The van der Waals surface area contributed by atoms with E-state index in [-0.39, 0.29) is 28.6 Å². The van der Waals surface area contributed by atoms with Crippen LogP contribution in [0.1, 0.15) is 63.7 Å². The van der Waals surface area contributed by atoms with Crippen molar-refractivity contribution >= 4 is 16.7 Å². The van der Waals surface area contributed by atoms with Crippen LogP contribution in [0.4, 0.5) is 13.2 Å². The number of ether oxygens (including phenoxy) is 2. The van der Waals surface area contributed by atoms with Gasteiger partial charge in [-0.05, 0) is 60.6 Å². The van der Waals surface area contributed by atoms with Crippen LogP contribution < -0.4 is 9.47 Å². The highest BCUT2D eigenvalue weighted by molar-refractivity contribution is 5.95. The quantitative estimate of drug-likeness (QED) is 0.414. The number of aliphatic hydroxyl groups is 2. The third-order valence-corrected chi connectivity index (χ3v) is 7.25. The maximum atomic E-state index is 15.9. The van der Waals surface area contributed by atoms with Gasteiger partial charge in [0, 0.05) is 22.9 Å². The van der Waals surface area contributed by atoms with Crippen molar-refractivity contribution in [3.8, 4) is 11.5 Å². The molecule has 1 aliphatic carbocycles. The molecule has 9 heteroatoms. The SMILES string of the molecule is [2H]c1c(CC(=O)C2(c3ccc4c(c3)OC(F)(F)O4)CC2)c(F)c([2H])c2c1c([2H])c(C(C)(C)CC)n2C([2H])([2H])[C@@H](O)CO. The fraction of sp³-hybridized carbons (Fsp3) is 0.464. The maximum absolute atomic E-state index is 15.9. The Balaban J connectivity index is 1.64. The van der Waals surface area contributed by atoms with Crippen molar-refractivity contribution in [3.05, 3.63) is 59.0 Å². The van der Waals surface area contributed by atoms with Gasteiger partial charge in [-0.3, -0.25) is 4.79 Å². The van der Waals surface area contributed by atoms with E-state index in [1.807, 2.05) is 0 Å². The molecular formula is C28H30F3NO5. The first-order valence-corrected chi connectivity index (χ1v) is 12.0. The Morgan fingerprint density at radius 3 is 2.59 bits per heavy atom. The third-order valence-electron chi connectivity index (χ3n) is 7.25. The van der Waals surface area contributed by atoms with Crippen molar-refractivity contribution < 1.29 is 44.5 Å². The summed E-state index contributed by atoms with van der Waals surface area (Å²) in [5, 5.41) is 19.6. The summed E-state index contributed by atoms with van der Waals surface area (Å²) in [6.45, 7) is 1.39. The normalized spacial score (nSPS) is 20.6. The molecule has 1 saturated carbocycles. The van der Waals surface area contributed by atoms with Crippen molar-refractivity contribution in [2.24, 2.45) is 0 Å². The van der Waals surface area contributed by atoms with Gasteiger partial charge in [-0.2, -0.15) is 0 Å². The van der Waals surface area contributed by atoms with Gasteiger partial charge in [0.25, 0.3) is 0 Å². The number of hydrogen-bond donors (Lipinski definition) is 2. The van der Waals surface area contributed by atoms with E-state index in [2.05, 4.69) is 9.47 Å². The maximum Gasteiger partial charge on any atom is 0.586 e. The van der Waals surface area contributed by atoms with Crippen molar-refractivity contribution in [2.45, 2.75) is 76.2 Å². The highest BCUT2D eigenvalue weighted by Gasteiger charge is 2.52. The average molecular weight is 523 g/mol. The molecule has 0 spiro atoms. The fourth-order valence-corrected chi connectivity index (χ4v) is 4.56. The lowest BCUT2D eigenvalue weighted by Crippen LogP contribution is -2.26. The van der Waals surface area contributed by atoms with Gasteiger partial charge in [0.15, 0.2) is 11.5 Å². The average Bonchev–Trinajstić information content (AvgIpc) is 3.58. The summed E-state index contributed by atoms with van der Waals surface area (Å²) in [5.74, 6) is -2.22. The van der Waals surface area contributed by atoms with Crippen molar-refractivity contribution in [3.63, 3.8) is 0 Å². The van der Waals surface area contributed by atoms with Gasteiger partial charge in [0.1, 0.15) is 11.6 Å². The van der Waals surface area contributed by atoms with Gasteiger partial charge in [0.05, 0.1) is 37.0 Å². The van der Waals surface area contributed by atoms with Crippen molar-refractivity contribution in [1.82, 2.24) is 4.57 Å². The molecule has 3 aromatic rings. The lowest BCUT2D eigenvalue weighted by molar-refractivity contribution is -0.286. The highest BCUT2D eigenvalue weighted by atomic mass is 19.3. The Morgan fingerprint density at radius 2 is 1.95 bits per heavy atom. The third kappa shape index (κ3) is 4.48. The first-order valence-electron chi connectivity index (χ1n) is 14.5. The van der Waals surface area contributed by atoms with Gasteiger partial charge >= 0.3 is 6.29 Å². The number of carbonyl (C=O) groups excluding carboxylic acids is 1. The number of aromatic nitrogens is 1. The second-order valence-corrected chi connectivity index (χ2v) is 10.2. The summed E-state index contributed by atoms with van der Waals surface area (Å²) in [7, 11) is 0. The van der Waals surface area contributed by atoms with E-state index >= 15 is 4.39 Å². The molecule has 37 heavy (non-hydrogen) atoms. The van der Waals surface area contributed by atoms with Gasteiger partial charge in [0.2, 0.25) is 0 Å². The summed E-state index contributed by atoms with van der Waals surface area (Å²) < 4.78 is 96.3. The molecule has 6 nitrogen and oxygen atoms in total. The molecule has 2 aliphatic rings. The summed E-state index contributed by atoms with van der Waals surface area (Å²) in [4.78, 5) is 13.6.